The Hall–Kier alpha value is -1.99. The molecule has 0 bridgehead atoms. The van der Waals surface area contributed by atoms with Crippen LogP contribution in [-0.4, -0.2) is 45.2 Å². The smallest absolute Gasteiger partial charge is 0.251 e. The highest BCUT2D eigenvalue weighted by Crippen LogP contribution is 2.08. The van der Waals surface area contributed by atoms with Gasteiger partial charge in [-0.25, -0.2) is 4.68 Å². The highest BCUT2D eigenvalue weighted by molar-refractivity contribution is 5.94. The second-order valence-corrected chi connectivity index (χ2v) is 4.80. The lowest BCUT2D eigenvalue weighted by atomic mass is 10.2. The maximum atomic E-state index is 12.0. The minimum atomic E-state index is -0.0537. The van der Waals surface area contributed by atoms with Crippen molar-refractivity contribution in [2.24, 2.45) is 0 Å². The highest BCUT2D eigenvalue weighted by atomic mass is 35.5. The lowest BCUT2D eigenvalue weighted by Crippen LogP contribution is -2.37. The van der Waals surface area contributed by atoms with E-state index in [4.69, 9.17) is 0 Å². The Morgan fingerprint density at radius 2 is 2.19 bits per heavy atom. The summed E-state index contributed by atoms with van der Waals surface area (Å²) in [7, 11) is 0. The van der Waals surface area contributed by atoms with Crippen molar-refractivity contribution < 1.29 is 4.79 Å². The van der Waals surface area contributed by atoms with Gasteiger partial charge in [0.25, 0.3) is 5.91 Å². The maximum absolute atomic E-state index is 12.0. The fourth-order valence-corrected chi connectivity index (χ4v) is 2.29. The quantitative estimate of drug-likeness (QED) is 0.862. The van der Waals surface area contributed by atoms with Gasteiger partial charge in [0.2, 0.25) is 0 Å². The van der Waals surface area contributed by atoms with E-state index in [-0.39, 0.29) is 18.3 Å². The molecule has 1 aliphatic heterocycles. The summed E-state index contributed by atoms with van der Waals surface area (Å²) in [6.07, 6.45) is 3.82. The Labute approximate surface area is 128 Å². The van der Waals surface area contributed by atoms with Crippen LogP contribution in [0.3, 0.4) is 0 Å². The molecule has 0 aliphatic carbocycles. The molecule has 2 heterocycles. The van der Waals surface area contributed by atoms with E-state index in [2.05, 4.69) is 26.2 Å². The van der Waals surface area contributed by atoms with E-state index in [1.165, 1.54) is 12.7 Å². The molecular weight excluding hydrogens is 292 g/mol. The van der Waals surface area contributed by atoms with Crippen LogP contribution in [0, 0.1) is 0 Å². The zero-order valence-electron chi connectivity index (χ0n) is 11.4. The van der Waals surface area contributed by atoms with Gasteiger partial charge in [0.1, 0.15) is 6.33 Å². The third kappa shape index (κ3) is 3.77. The highest BCUT2D eigenvalue weighted by Gasteiger charge is 2.15. The molecule has 1 aromatic heterocycles. The van der Waals surface area contributed by atoms with E-state index in [9.17, 15) is 4.79 Å². The van der Waals surface area contributed by atoms with Gasteiger partial charge in [0, 0.05) is 18.2 Å². The summed E-state index contributed by atoms with van der Waals surface area (Å²) >= 11 is 0. The number of nitrogens with zero attached hydrogens (tertiary/aromatic N) is 4. The number of carbonyl (C=O) groups excluding carboxylic acids is 1. The summed E-state index contributed by atoms with van der Waals surface area (Å²) in [4.78, 5) is 12.0. The third-order valence-corrected chi connectivity index (χ3v) is 3.41. The molecule has 2 N–H and O–H groups in total. The Balaban J connectivity index is 0.00000161. The van der Waals surface area contributed by atoms with Crippen LogP contribution in [0.2, 0.25) is 0 Å². The zero-order valence-corrected chi connectivity index (χ0v) is 12.2. The molecule has 1 aliphatic rings. The number of nitrogens with one attached hydrogen (secondary N) is 2. The molecule has 0 saturated carbocycles. The molecule has 2 aromatic rings. The molecule has 1 aromatic carbocycles. The molecule has 0 radical (unpaired) electrons. The standard InChI is InChI=1S/C13H16N6O.ClH/c20-13(15-8-11-2-1-7-14-11)10-3-5-12(6-4-10)19-9-16-17-18-19;/h3-6,9,11,14H,1-2,7-8H2,(H,15,20);1H. The minimum absolute atomic E-state index is 0. The van der Waals surface area contributed by atoms with Crippen molar-refractivity contribution in [3.8, 4) is 5.69 Å². The first kappa shape index (κ1) is 15.4. The summed E-state index contributed by atoms with van der Waals surface area (Å²) in [5.74, 6) is -0.0537. The average Bonchev–Trinajstić information content (AvgIpc) is 3.18. The van der Waals surface area contributed by atoms with Crippen LogP contribution in [0.1, 0.15) is 23.2 Å². The maximum Gasteiger partial charge on any atom is 0.251 e. The zero-order chi connectivity index (χ0) is 13.8. The normalized spacial score (nSPS) is 17.2. The molecular formula is C13H17ClN6O. The molecule has 1 unspecified atom stereocenters. The first-order chi connectivity index (χ1) is 9.83. The van der Waals surface area contributed by atoms with Gasteiger partial charge < -0.3 is 10.6 Å². The lowest BCUT2D eigenvalue weighted by molar-refractivity contribution is 0.0950. The van der Waals surface area contributed by atoms with Gasteiger partial charge in [0.05, 0.1) is 5.69 Å². The molecule has 1 saturated heterocycles. The first-order valence-corrected chi connectivity index (χ1v) is 6.68. The number of hydrogen-bond acceptors (Lipinski definition) is 5. The monoisotopic (exact) mass is 308 g/mol. The largest absolute Gasteiger partial charge is 0.350 e. The summed E-state index contributed by atoms with van der Waals surface area (Å²) in [6.45, 7) is 1.72. The molecule has 8 heteroatoms. The molecule has 1 amide bonds. The van der Waals surface area contributed by atoms with Crippen molar-refractivity contribution in [3.05, 3.63) is 36.2 Å². The number of tetrazole rings is 1. The number of halogens is 1. The Morgan fingerprint density at radius 3 is 2.81 bits per heavy atom. The van der Waals surface area contributed by atoms with Crippen LogP contribution in [0.5, 0.6) is 0 Å². The van der Waals surface area contributed by atoms with E-state index in [1.54, 1.807) is 16.8 Å². The van der Waals surface area contributed by atoms with E-state index in [0.29, 0.717) is 18.2 Å². The summed E-state index contributed by atoms with van der Waals surface area (Å²) < 4.78 is 1.55. The van der Waals surface area contributed by atoms with Gasteiger partial charge >= 0.3 is 0 Å². The SMILES string of the molecule is Cl.O=C(NCC1CCCN1)c1ccc(-n2cnnn2)cc1. The molecule has 7 nitrogen and oxygen atoms in total. The second kappa shape index (κ2) is 7.14. The number of rotatable bonds is 4. The van der Waals surface area contributed by atoms with E-state index < -0.39 is 0 Å². The number of carbonyl (C=O) groups is 1. The summed E-state index contributed by atoms with van der Waals surface area (Å²) in [5.41, 5.74) is 1.46. The molecule has 21 heavy (non-hydrogen) atoms. The Kier molecular flexibility index (Phi) is 5.24. The summed E-state index contributed by atoms with van der Waals surface area (Å²) in [6, 6.07) is 7.58. The van der Waals surface area contributed by atoms with Gasteiger partial charge in [-0.2, -0.15) is 0 Å². The number of hydrogen-bond donors (Lipinski definition) is 2. The molecule has 1 atom stereocenters. The fraction of sp³-hybridized carbons (Fsp3) is 0.385. The predicted molar refractivity (Wildman–Crippen MR) is 79.8 cm³/mol. The topological polar surface area (TPSA) is 84.7 Å². The molecule has 1 fully saturated rings. The van der Waals surface area contributed by atoms with Crippen LogP contribution in [0.15, 0.2) is 30.6 Å². The Bertz CT molecular complexity index is 565. The molecule has 112 valence electrons. The van der Waals surface area contributed by atoms with Crippen LogP contribution in [0.4, 0.5) is 0 Å². The molecule has 0 spiro atoms. The van der Waals surface area contributed by atoms with Crippen molar-refractivity contribution in [3.63, 3.8) is 0 Å². The molecule has 3 rings (SSSR count). The van der Waals surface area contributed by atoms with Gasteiger partial charge in [0.15, 0.2) is 0 Å². The Morgan fingerprint density at radius 1 is 1.38 bits per heavy atom. The van der Waals surface area contributed by atoms with Crippen LogP contribution < -0.4 is 10.6 Å². The van der Waals surface area contributed by atoms with Crippen molar-refractivity contribution in [1.82, 2.24) is 30.8 Å². The van der Waals surface area contributed by atoms with E-state index in [0.717, 1.165) is 18.7 Å². The second-order valence-electron chi connectivity index (χ2n) is 4.80. The van der Waals surface area contributed by atoms with Gasteiger partial charge in [-0.1, -0.05) is 0 Å². The van der Waals surface area contributed by atoms with Crippen molar-refractivity contribution in [2.45, 2.75) is 18.9 Å². The van der Waals surface area contributed by atoms with E-state index in [1.807, 2.05) is 12.1 Å². The number of amides is 1. The van der Waals surface area contributed by atoms with Crippen molar-refractivity contribution >= 4 is 18.3 Å². The summed E-state index contributed by atoms with van der Waals surface area (Å²) in [5, 5.41) is 17.2. The van der Waals surface area contributed by atoms with Gasteiger partial charge in [-0.15, -0.1) is 17.5 Å². The predicted octanol–water partition coefficient (Wildman–Crippen LogP) is 0.566. The first-order valence-electron chi connectivity index (χ1n) is 6.68. The van der Waals surface area contributed by atoms with Crippen LogP contribution >= 0.6 is 12.4 Å². The van der Waals surface area contributed by atoms with Crippen molar-refractivity contribution in [2.75, 3.05) is 13.1 Å². The van der Waals surface area contributed by atoms with Crippen LogP contribution in [0.25, 0.3) is 5.69 Å². The average molecular weight is 309 g/mol. The fourth-order valence-electron chi connectivity index (χ4n) is 2.29. The van der Waals surface area contributed by atoms with E-state index >= 15 is 0 Å². The van der Waals surface area contributed by atoms with Crippen LogP contribution in [-0.2, 0) is 0 Å². The van der Waals surface area contributed by atoms with Crippen molar-refractivity contribution in [1.29, 1.82) is 0 Å². The number of aromatic nitrogens is 4. The minimum Gasteiger partial charge on any atom is -0.350 e. The number of benzene rings is 1. The van der Waals surface area contributed by atoms with Gasteiger partial charge in [-0.3, -0.25) is 4.79 Å². The third-order valence-electron chi connectivity index (χ3n) is 3.41. The van der Waals surface area contributed by atoms with Gasteiger partial charge in [-0.05, 0) is 54.1 Å². The lowest BCUT2D eigenvalue weighted by Gasteiger charge is -2.11.